The first-order valence-corrected chi connectivity index (χ1v) is 15.5. The van der Waals surface area contributed by atoms with Gasteiger partial charge in [-0.3, -0.25) is 33.6 Å². The van der Waals surface area contributed by atoms with Gasteiger partial charge in [0.25, 0.3) is 0 Å². The van der Waals surface area contributed by atoms with Crippen LogP contribution in [0, 0.1) is 11.8 Å². The van der Waals surface area contributed by atoms with E-state index in [4.69, 9.17) is 16.6 Å². The van der Waals surface area contributed by atoms with Crippen LogP contribution in [0.5, 0.6) is 5.75 Å². The standard InChI is InChI=1S/C31H47N7O9/c1-15(2)24(33)28(43)36-21(13-18-8-10-19(39)11-9-18)30(45)38-12-6-7-22(38)27(42)35-20(14-23(32)40)26(41)37-25(16(3)4)29(44)34-17(5)31(46)47/h8-11,15-17,20-22,24-25,39H,6-7,12-14,33H2,1-5H3,(H2,32,40)(H,34,44)(H,35,42)(H,36,43)(H,37,41)(H,46,47)/t17-,20-,21-,22-,24-,25-/m0/s1. The fourth-order valence-corrected chi connectivity index (χ4v) is 4.97. The molecule has 1 saturated heterocycles. The lowest BCUT2D eigenvalue weighted by molar-refractivity contribution is -0.143. The first kappa shape index (κ1) is 38.5. The quantitative estimate of drug-likeness (QED) is 0.101. The van der Waals surface area contributed by atoms with E-state index in [9.17, 15) is 38.7 Å². The van der Waals surface area contributed by atoms with E-state index in [1.54, 1.807) is 39.8 Å². The highest BCUT2D eigenvalue weighted by Gasteiger charge is 2.40. The average Bonchev–Trinajstić information content (AvgIpc) is 3.49. The summed E-state index contributed by atoms with van der Waals surface area (Å²) in [6.45, 7) is 8.16. The molecule has 1 fully saturated rings. The molecule has 2 rings (SSSR count). The third-order valence-electron chi connectivity index (χ3n) is 7.86. The number of likely N-dealkylation sites (tertiary alicyclic amines) is 1. The second-order valence-electron chi connectivity index (χ2n) is 12.4. The molecule has 0 bridgehead atoms. The molecule has 10 N–H and O–H groups in total. The molecular formula is C31H47N7O9. The zero-order valence-electron chi connectivity index (χ0n) is 27.3. The lowest BCUT2D eigenvalue weighted by Crippen LogP contribution is -2.60. The van der Waals surface area contributed by atoms with Crippen LogP contribution >= 0.6 is 0 Å². The minimum absolute atomic E-state index is 0.0171. The summed E-state index contributed by atoms with van der Waals surface area (Å²) in [4.78, 5) is 90.7. The van der Waals surface area contributed by atoms with E-state index < -0.39 is 90.0 Å². The highest BCUT2D eigenvalue weighted by atomic mass is 16.4. The minimum Gasteiger partial charge on any atom is -0.508 e. The molecule has 0 unspecified atom stereocenters. The number of rotatable bonds is 16. The molecule has 0 aliphatic carbocycles. The van der Waals surface area contributed by atoms with Gasteiger partial charge in [0.1, 0.15) is 36.0 Å². The number of hydrogen-bond donors (Lipinski definition) is 8. The molecule has 0 saturated carbocycles. The Balaban J connectivity index is 2.28. The normalized spacial score (nSPS) is 17.6. The number of phenolic OH excluding ortho intramolecular Hbond substituents is 1. The molecule has 0 spiro atoms. The van der Waals surface area contributed by atoms with Gasteiger partial charge in [-0.15, -0.1) is 0 Å². The summed E-state index contributed by atoms with van der Waals surface area (Å²) in [6, 6.07) is -0.975. The van der Waals surface area contributed by atoms with Gasteiger partial charge in [0, 0.05) is 13.0 Å². The van der Waals surface area contributed by atoms with E-state index in [0.29, 0.717) is 12.0 Å². The van der Waals surface area contributed by atoms with Crippen molar-refractivity contribution in [1.82, 2.24) is 26.2 Å². The maximum atomic E-state index is 13.9. The van der Waals surface area contributed by atoms with Crippen LogP contribution in [0.2, 0.25) is 0 Å². The molecule has 260 valence electrons. The van der Waals surface area contributed by atoms with Crippen LogP contribution in [0.3, 0.4) is 0 Å². The SMILES string of the molecule is CC(C)[C@H](N)C(=O)N[C@@H](Cc1ccc(O)cc1)C(=O)N1CCC[C@H]1C(=O)N[C@@H](CC(N)=O)C(=O)N[C@H](C(=O)N[C@@H](C)C(=O)O)C(C)C. The van der Waals surface area contributed by atoms with Gasteiger partial charge >= 0.3 is 5.97 Å². The average molecular weight is 662 g/mol. The van der Waals surface area contributed by atoms with Crippen LogP contribution in [0.4, 0.5) is 0 Å². The number of primary amides is 1. The summed E-state index contributed by atoms with van der Waals surface area (Å²) in [5.74, 6) is -6.49. The number of nitrogens with zero attached hydrogens (tertiary/aromatic N) is 1. The number of aliphatic carboxylic acids is 1. The number of carbonyl (C=O) groups is 7. The van der Waals surface area contributed by atoms with Crippen LogP contribution in [0.1, 0.15) is 59.4 Å². The second-order valence-corrected chi connectivity index (χ2v) is 12.4. The van der Waals surface area contributed by atoms with Crippen LogP contribution < -0.4 is 32.7 Å². The third-order valence-corrected chi connectivity index (χ3v) is 7.86. The van der Waals surface area contributed by atoms with Gasteiger partial charge in [0.05, 0.1) is 12.5 Å². The van der Waals surface area contributed by atoms with E-state index in [1.807, 2.05) is 0 Å². The molecule has 0 radical (unpaired) electrons. The molecule has 1 aromatic rings. The molecule has 16 nitrogen and oxygen atoms in total. The molecule has 6 amide bonds. The number of carbonyl (C=O) groups excluding carboxylic acids is 6. The zero-order chi connectivity index (χ0) is 35.6. The Morgan fingerprint density at radius 1 is 0.851 bits per heavy atom. The Labute approximate surface area is 273 Å². The van der Waals surface area contributed by atoms with Gasteiger partial charge in [-0.25, -0.2) is 0 Å². The van der Waals surface area contributed by atoms with Crippen molar-refractivity contribution in [2.45, 2.75) is 96.6 Å². The van der Waals surface area contributed by atoms with Gasteiger partial charge in [-0.05, 0) is 49.3 Å². The number of phenols is 1. The Morgan fingerprint density at radius 2 is 1.47 bits per heavy atom. The van der Waals surface area contributed by atoms with E-state index in [-0.39, 0.29) is 31.1 Å². The summed E-state index contributed by atoms with van der Waals surface area (Å²) < 4.78 is 0. The second kappa shape index (κ2) is 17.3. The summed E-state index contributed by atoms with van der Waals surface area (Å²) in [5.41, 5.74) is 12.0. The van der Waals surface area contributed by atoms with Gasteiger partial charge in [-0.1, -0.05) is 39.8 Å². The number of nitrogens with two attached hydrogens (primary N) is 2. The van der Waals surface area contributed by atoms with Gasteiger partial charge in [0.2, 0.25) is 35.4 Å². The van der Waals surface area contributed by atoms with Crippen LogP contribution in [-0.4, -0.2) is 99.3 Å². The fourth-order valence-electron chi connectivity index (χ4n) is 4.97. The minimum atomic E-state index is -1.51. The maximum absolute atomic E-state index is 13.9. The maximum Gasteiger partial charge on any atom is 0.325 e. The predicted molar refractivity (Wildman–Crippen MR) is 169 cm³/mol. The zero-order valence-corrected chi connectivity index (χ0v) is 27.3. The van der Waals surface area contributed by atoms with E-state index >= 15 is 0 Å². The number of benzene rings is 1. The Bertz CT molecular complexity index is 1320. The Morgan fingerprint density at radius 3 is 2.00 bits per heavy atom. The van der Waals surface area contributed by atoms with Gasteiger partial charge in [0.15, 0.2) is 0 Å². The van der Waals surface area contributed by atoms with E-state index in [1.165, 1.54) is 24.0 Å². The van der Waals surface area contributed by atoms with Crippen molar-refractivity contribution in [3.63, 3.8) is 0 Å². The van der Waals surface area contributed by atoms with Crippen molar-refractivity contribution in [3.8, 4) is 5.75 Å². The van der Waals surface area contributed by atoms with Crippen molar-refractivity contribution in [1.29, 1.82) is 0 Å². The first-order valence-electron chi connectivity index (χ1n) is 15.5. The highest BCUT2D eigenvalue weighted by molar-refractivity contribution is 5.98. The van der Waals surface area contributed by atoms with Crippen molar-refractivity contribution in [2.24, 2.45) is 23.3 Å². The summed E-state index contributed by atoms with van der Waals surface area (Å²) in [7, 11) is 0. The first-order chi connectivity index (χ1) is 21.9. The number of hydrogen-bond acceptors (Lipinski definition) is 9. The van der Waals surface area contributed by atoms with Crippen molar-refractivity contribution in [2.75, 3.05) is 6.54 Å². The van der Waals surface area contributed by atoms with Crippen molar-refractivity contribution < 1.29 is 43.8 Å². The lowest BCUT2D eigenvalue weighted by atomic mass is 10.0. The van der Waals surface area contributed by atoms with Crippen molar-refractivity contribution in [3.05, 3.63) is 29.8 Å². The molecular weight excluding hydrogens is 614 g/mol. The number of aromatic hydroxyl groups is 1. The van der Waals surface area contributed by atoms with Crippen LogP contribution in [-0.2, 0) is 40.0 Å². The topological polar surface area (TPSA) is 263 Å². The van der Waals surface area contributed by atoms with Gasteiger partial charge in [-0.2, -0.15) is 0 Å². The smallest absolute Gasteiger partial charge is 0.325 e. The Kier molecular flexibility index (Phi) is 14.1. The highest BCUT2D eigenvalue weighted by Crippen LogP contribution is 2.21. The van der Waals surface area contributed by atoms with E-state index in [2.05, 4.69) is 21.3 Å². The molecule has 1 aliphatic heterocycles. The van der Waals surface area contributed by atoms with Crippen LogP contribution in [0.25, 0.3) is 0 Å². The van der Waals surface area contributed by atoms with Crippen molar-refractivity contribution >= 4 is 41.4 Å². The number of carboxylic acid groups (broad SMARTS) is 1. The summed E-state index contributed by atoms with van der Waals surface area (Å²) in [5, 5.41) is 28.7. The summed E-state index contributed by atoms with van der Waals surface area (Å²) in [6.07, 6.45) is 0.0619. The largest absolute Gasteiger partial charge is 0.508 e. The number of nitrogens with one attached hydrogen (secondary N) is 4. The monoisotopic (exact) mass is 661 g/mol. The van der Waals surface area contributed by atoms with Gasteiger partial charge < -0.3 is 47.8 Å². The molecule has 1 aliphatic rings. The molecule has 1 aromatic carbocycles. The number of carboxylic acids is 1. The Hall–Kier alpha value is -4.73. The molecule has 0 aromatic heterocycles. The predicted octanol–water partition coefficient (Wildman–Crippen LogP) is -1.52. The summed E-state index contributed by atoms with van der Waals surface area (Å²) >= 11 is 0. The third kappa shape index (κ3) is 11.2. The molecule has 16 heteroatoms. The van der Waals surface area contributed by atoms with Crippen LogP contribution in [0.15, 0.2) is 24.3 Å². The lowest BCUT2D eigenvalue weighted by Gasteiger charge is -2.31. The van der Waals surface area contributed by atoms with E-state index in [0.717, 1.165) is 0 Å². The number of amides is 6. The molecule has 1 heterocycles. The molecule has 6 atom stereocenters. The fraction of sp³-hybridized carbons (Fsp3) is 0.581. The molecule has 47 heavy (non-hydrogen) atoms.